The Labute approximate surface area is 261 Å². The van der Waals surface area contributed by atoms with Crippen molar-refractivity contribution < 1.29 is 45.8 Å². The van der Waals surface area contributed by atoms with E-state index < -0.39 is 58.7 Å². The van der Waals surface area contributed by atoms with Crippen LogP contribution in [0.5, 0.6) is 5.75 Å². The standard InChI is InChI=1S/C33H32ClF6NO4/c1-3-5-19-11-24-29(31(44)41(30(24)43)22-13-20(32(35,36)37)12-21(14-22)33(38,39)40)25-16-45-27(28(19)25)9-6-17(4-2)10-18-7-8-23(42)15-26(18)34/h7-8,10,12-15,24-25,27,29,42H,3-6,9,11,16H2,1-2H3/b17-10+/t24-,25+,27-,29-/m1/s1. The number of hydrogen-bond donors (Lipinski definition) is 1. The van der Waals surface area contributed by atoms with E-state index in [2.05, 4.69) is 0 Å². The Kier molecular flexibility index (Phi) is 9.16. The lowest BCUT2D eigenvalue weighted by Gasteiger charge is -2.32. The molecule has 242 valence electrons. The smallest absolute Gasteiger partial charge is 0.416 e. The van der Waals surface area contributed by atoms with Gasteiger partial charge in [0.05, 0.1) is 46.4 Å². The molecule has 2 heterocycles. The van der Waals surface area contributed by atoms with Crippen LogP contribution in [0.4, 0.5) is 32.0 Å². The van der Waals surface area contributed by atoms with Crippen LogP contribution in [0, 0.1) is 17.8 Å². The Balaban J connectivity index is 1.44. The van der Waals surface area contributed by atoms with E-state index in [1.165, 1.54) is 6.07 Å². The summed E-state index contributed by atoms with van der Waals surface area (Å²) >= 11 is 6.29. The number of phenolic OH excluding ortho intramolecular Hbond substituents is 1. The second kappa shape index (κ2) is 12.5. The van der Waals surface area contributed by atoms with Crippen molar-refractivity contribution in [3.8, 4) is 5.75 Å². The number of benzene rings is 2. The van der Waals surface area contributed by atoms with Crippen LogP contribution in [-0.2, 0) is 26.7 Å². The molecule has 0 unspecified atom stereocenters. The zero-order valence-electron chi connectivity index (χ0n) is 24.6. The summed E-state index contributed by atoms with van der Waals surface area (Å²) in [7, 11) is 0. The third-order valence-corrected chi connectivity index (χ3v) is 9.24. The van der Waals surface area contributed by atoms with Crippen LogP contribution in [0.3, 0.4) is 0 Å². The molecule has 1 aliphatic carbocycles. The fraction of sp³-hybridized carbons (Fsp3) is 0.455. The fourth-order valence-corrected chi connectivity index (χ4v) is 7.08. The van der Waals surface area contributed by atoms with Gasteiger partial charge in [-0.1, -0.05) is 49.1 Å². The van der Waals surface area contributed by atoms with Crippen molar-refractivity contribution in [2.45, 2.75) is 70.8 Å². The number of nitrogens with zero attached hydrogens (tertiary/aromatic N) is 1. The number of anilines is 1. The number of aromatic hydroxyl groups is 1. The number of amides is 2. The van der Waals surface area contributed by atoms with Crippen LogP contribution in [0.1, 0.15) is 69.1 Å². The van der Waals surface area contributed by atoms with Crippen LogP contribution in [-0.4, -0.2) is 29.6 Å². The number of ether oxygens (including phenoxy) is 1. The first-order valence-electron chi connectivity index (χ1n) is 14.8. The number of allylic oxidation sites excluding steroid dienone is 2. The maximum absolute atomic E-state index is 13.8. The zero-order chi connectivity index (χ0) is 32.8. The third kappa shape index (κ3) is 6.52. The number of carbonyl (C=O) groups excluding carboxylic acids is 2. The molecule has 0 saturated carbocycles. The van der Waals surface area contributed by atoms with E-state index in [4.69, 9.17) is 16.3 Å². The third-order valence-electron chi connectivity index (χ3n) is 8.92. The fourth-order valence-electron chi connectivity index (χ4n) is 6.85. The number of hydrogen-bond acceptors (Lipinski definition) is 4. The zero-order valence-corrected chi connectivity index (χ0v) is 25.3. The summed E-state index contributed by atoms with van der Waals surface area (Å²) in [4.78, 5) is 27.9. The summed E-state index contributed by atoms with van der Waals surface area (Å²) in [5.41, 5.74) is -0.221. The molecule has 2 aromatic carbocycles. The molecule has 1 N–H and O–H groups in total. The number of rotatable bonds is 8. The lowest BCUT2D eigenvalue weighted by atomic mass is 9.68. The Bertz CT molecular complexity index is 1530. The van der Waals surface area contributed by atoms with Gasteiger partial charge in [-0.3, -0.25) is 9.59 Å². The van der Waals surface area contributed by atoms with Crippen molar-refractivity contribution in [1.82, 2.24) is 0 Å². The van der Waals surface area contributed by atoms with Crippen LogP contribution < -0.4 is 4.90 Å². The maximum Gasteiger partial charge on any atom is 0.416 e. The van der Waals surface area contributed by atoms with Crippen molar-refractivity contribution in [2.75, 3.05) is 11.5 Å². The highest BCUT2D eigenvalue weighted by Crippen LogP contribution is 2.52. The Morgan fingerprint density at radius 1 is 1.00 bits per heavy atom. The average Bonchev–Trinajstić information content (AvgIpc) is 3.49. The molecule has 2 aromatic rings. The predicted molar refractivity (Wildman–Crippen MR) is 156 cm³/mol. The minimum atomic E-state index is -5.12. The Morgan fingerprint density at radius 3 is 2.24 bits per heavy atom. The maximum atomic E-state index is 13.8. The summed E-state index contributed by atoms with van der Waals surface area (Å²) in [6.07, 6.45) is -5.17. The van der Waals surface area contributed by atoms with Crippen LogP contribution in [0.25, 0.3) is 6.08 Å². The first kappa shape index (κ1) is 33.1. The van der Waals surface area contributed by atoms with Crippen molar-refractivity contribution in [1.29, 1.82) is 0 Å². The summed E-state index contributed by atoms with van der Waals surface area (Å²) < 4.78 is 87.7. The van der Waals surface area contributed by atoms with Gasteiger partial charge < -0.3 is 9.84 Å². The summed E-state index contributed by atoms with van der Waals surface area (Å²) in [5, 5.41) is 10.1. The highest BCUT2D eigenvalue weighted by atomic mass is 35.5. The van der Waals surface area contributed by atoms with Gasteiger partial charge in [0, 0.05) is 5.92 Å². The highest BCUT2D eigenvalue weighted by molar-refractivity contribution is 6.32. The molecule has 45 heavy (non-hydrogen) atoms. The molecule has 2 fully saturated rings. The molecule has 0 bridgehead atoms. The van der Waals surface area contributed by atoms with Crippen molar-refractivity contribution in [3.05, 3.63) is 74.8 Å². The molecule has 12 heteroatoms. The van der Waals surface area contributed by atoms with Gasteiger partial charge in [-0.05, 0) is 79.6 Å². The molecule has 3 aliphatic rings. The normalized spacial score (nSPS) is 24.0. The molecule has 0 radical (unpaired) electrons. The number of carbonyl (C=O) groups is 2. The molecule has 0 spiro atoms. The van der Waals surface area contributed by atoms with Gasteiger partial charge in [0.25, 0.3) is 0 Å². The average molecular weight is 656 g/mol. The molecule has 2 saturated heterocycles. The molecule has 2 amide bonds. The van der Waals surface area contributed by atoms with E-state index in [0.29, 0.717) is 41.3 Å². The number of alkyl halides is 6. The monoisotopic (exact) mass is 655 g/mol. The van der Waals surface area contributed by atoms with E-state index in [0.717, 1.165) is 35.1 Å². The second-order valence-electron chi connectivity index (χ2n) is 11.8. The molecule has 2 aliphatic heterocycles. The lowest BCUT2D eigenvalue weighted by Crippen LogP contribution is -2.34. The number of imide groups is 1. The van der Waals surface area contributed by atoms with E-state index in [1.54, 1.807) is 12.1 Å². The van der Waals surface area contributed by atoms with Crippen LogP contribution in [0.15, 0.2) is 53.1 Å². The Morgan fingerprint density at radius 2 is 1.67 bits per heavy atom. The quantitative estimate of drug-likeness (QED) is 0.175. The number of fused-ring (bicyclic) bond motifs is 3. The summed E-state index contributed by atoms with van der Waals surface area (Å²) in [6, 6.07) is 5.55. The van der Waals surface area contributed by atoms with Gasteiger partial charge in [0.2, 0.25) is 11.8 Å². The number of phenols is 1. The molecule has 5 rings (SSSR count). The second-order valence-corrected chi connectivity index (χ2v) is 12.2. The molecular formula is C33H32ClF6NO4. The first-order valence-corrected chi connectivity index (χ1v) is 15.2. The van der Waals surface area contributed by atoms with E-state index in [9.17, 15) is 41.0 Å². The SMILES string of the molecule is CCCC1=C2[C@@H](CC/C(=C/c3ccc(O)cc3Cl)CC)OC[C@@H]2[C@@H]2C(=O)N(c3cc(C(F)(F)F)cc(C(F)(F)F)c3)C(=O)[C@@H]2C1. The summed E-state index contributed by atoms with van der Waals surface area (Å²) in [5.74, 6) is -3.91. The van der Waals surface area contributed by atoms with Gasteiger partial charge in [0.15, 0.2) is 0 Å². The Hall–Kier alpha value is -3.31. The summed E-state index contributed by atoms with van der Waals surface area (Å²) in [6.45, 7) is 4.08. The van der Waals surface area contributed by atoms with Gasteiger partial charge >= 0.3 is 12.4 Å². The lowest BCUT2D eigenvalue weighted by molar-refractivity contribution is -0.143. The van der Waals surface area contributed by atoms with E-state index in [-0.39, 0.29) is 30.9 Å². The molecular weight excluding hydrogens is 624 g/mol. The number of halogens is 7. The topological polar surface area (TPSA) is 66.8 Å². The minimum Gasteiger partial charge on any atom is -0.508 e. The van der Waals surface area contributed by atoms with Gasteiger partial charge in [-0.15, -0.1) is 0 Å². The van der Waals surface area contributed by atoms with Crippen molar-refractivity contribution in [2.24, 2.45) is 17.8 Å². The molecule has 5 nitrogen and oxygen atoms in total. The van der Waals surface area contributed by atoms with Crippen LogP contribution in [0.2, 0.25) is 5.02 Å². The van der Waals surface area contributed by atoms with E-state index in [1.807, 2.05) is 19.9 Å². The van der Waals surface area contributed by atoms with Crippen molar-refractivity contribution >= 4 is 35.2 Å². The van der Waals surface area contributed by atoms with Gasteiger partial charge in [-0.25, -0.2) is 4.90 Å². The largest absolute Gasteiger partial charge is 0.508 e. The highest BCUT2D eigenvalue weighted by Gasteiger charge is 2.57. The first-order chi connectivity index (χ1) is 21.1. The van der Waals surface area contributed by atoms with E-state index >= 15 is 0 Å². The van der Waals surface area contributed by atoms with Gasteiger partial charge in [-0.2, -0.15) is 26.3 Å². The molecule has 0 aromatic heterocycles. The van der Waals surface area contributed by atoms with Crippen molar-refractivity contribution in [3.63, 3.8) is 0 Å². The van der Waals surface area contributed by atoms with Crippen LogP contribution >= 0.6 is 11.6 Å². The predicted octanol–water partition coefficient (Wildman–Crippen LogP) is 8.98. The van der Waals surface area contributed by atoms with Gasteiger partial charge in [0.1, 0.15) is 5.75 Å². The minimum absolute atomic E-state index is 0.0232. The molecule has 4 atom stereocenters.